The van der Waals surface area contributed by atoms with Gasteiger partial charge in [0, 0.05) is 30.4 Å². The van der Waals surface area contributed by atoms with Crippen LogP contribution in [0.15, 0.2) is 59.3 Å². The van der Waals surface area contributed by atoms with E-state index in [1.54, 1.807) is 24.5 Å². The van der Waals surface area contributed by atoms with Crippen molar-refractivity contribution in [2.24, 2.45) is 12.8 Å². The number of nitrogens with two attached hydrogens (primary N) is 1. The molecule has 1 amide bonds. The second kappa shape index (κ2) is 7.73. The zero-order chi connectivity index (χ0) is 20.5. The average Bonchev–Trinajstić information content (AvgIpc) is 3.01. The van der Waals surface area contributed by atoms with Gasteiger partial charge in [0.25, 0.3) is 0 Å². The molecule has 3 N–H and O–H groups in total. The van der Waals surface area contributed by atoms with Crippen LogP contribution in [0.3, 0.4) is 0 Å². The smallest absolute Gasteiger partial charge is 0.239 e. The van der Waals surface area contributed by atoms with Gasteiger partial charge in [-0.05, 0) is 69.5 Å². The summed E-state index contributed by atoms with van der Waals surface area (Å²) in [6, 6.07) is 12.1. The summed E-state index contributed by atoms with van der Waals surface area (Å²) in [5.41, 5.74) is 9.71. The third-order valence-electron chi connectivity index (χ3n) is 4.65. The molecule has 4 aromatic rings. The number of benzene rings is 1. The topological polar surface area (TPSA) is 85.8 Å². The first kappa shape index (κ1) is 19.2. The number of aryl methyl sites for hydroxylation is 1. The zero-order valence-corrected chi connectivity index (χ0v) is 17.1. The summed E-state index contributed by atoms with van der Waals surface area (Å²) in [6.07, 6.45) is 3.45. The minimum atomic E-state index is -0.333. The summed E-state index contributed by atoms with van der Waals surface area (Å²) in [6.45, 7) is -0.137. The van der Waals surface area contributed by atoms with Crippen LogP contribution in [0, 0.1) is 5.82 Å². The van der Waals surface area contributed by atoms with Gasteiger partial charge in [-0.25, -0.2) is 9.37 Å². The van der Waals surface area contributed by atoms with Crippen molar-refractivity contribution in [3.8, 4) is 22.4 Å². The van der Waals surface area contributed by atoms with E-state index >= 15 is 0 Å². The Balaban J connectivity index is 2.03. The molecule has 0 bridgehead atoms. The van der Waals surface area contributed by atoms with E-state index in [9.17, 15) is 9.18 Å². The minimum Gasteiger partial charge on any atom is -0.328 e. The maximum Gasteiger partial charge on any atom is 0.239 e. The zero-order valence-electron chi connectivity index (χ0n) is 15.5. The van der Waals surface area contributed by atoms with Crippen LogP contribution in [-0.2, 0) is 11.8 Å². The van der Waals surface area contributed by atoms with Gasteiger partial charge in [0.2, 0.25) is 5.91 Å². The largest absolute Gasteiger partial charge is 0.328 e. The van der Waals surface area contributed by atoms with E-state index < -0.39 is 0 Å². The average molecular weight is 454 g/mol. The molecule has 0 aliphatic rings. The number of halogens is 2. The minimum absolute atomic E-state index is 0.137. The van der Waals surface area contributed by atoms with Gasteiger partial charge in [-0.3, -0.25) is 9.78 Å². The lowest BCUT2D eigenvalue weighted by atomic mass is 9.99. The number of carbonyl (C=O) groups excluding carboxylic acids is 1. The van der Waals surface area contributed by atoms with Crippen molar-refractivity contribution in [2.75, 3.05) is 11.9 Å². The van der Waals surface area contributed by atoms with Crippen LogP contribution in [0.4, 0.5) is 10.2 Å². The Morgan fingerprint density at radius 3 is 2.52 bits per heavy atom. The summed E-state index contributed by atoms with van der Waals surface area (Å²) < 4.78 is 16.1. The lowest BCUT2D eigenvalue weighted by molar-refractivity contribution is -0.114. The Morgan fingerprint density at radius 2 is 1.86 bits per heavy atom. The first-order valence-corrected chi connectivity index (χ1v) is 9.64. The Kier molecular flexibility index (Phi) is 5.12. The number of hydrogen-bond acceptors (Lipinski definition) is 4. The number of pyridine rings is 2. The SMILES string of the molecule is Cn1c(-c2ccc(F)cc2)c(-c2ccncc2)c2cc(Br)c(NC(=O)CN)nc21. The van der Waals surface area contributed by atoms with Gasteiger partial charge < -0.3 is 15.6 Å². The maximum absolute atomic E-state index is 13.5. The molecule has 0 aliphatic carbocycles. The first-order chi connectivity index (χ1) is 14.0. The number of nitrogens with one attached hydrogen (secondary N) is 1. The predicted octanol–water partition coefficient (Wildman–Crippen LogP) is 4.10. The van der Waals surface area contributed by atoms with Crippen LogP contribution in [0.1, 0.15) is 0 Å². The number of nitrogens with zero attached hydrogens (tertiary/aromatic N) is 3. The van der Waals surface area contributed by atoms with Crippen molar-refractivity contribution >= 4 is 38.7 Å². The van der Waals surface area contributed by atoms with E-state index in [0.29, 0.717) is 15.9 Å². The fourth-order valence-electron chi connectivity index (χ4n) is 3.35. The van der Waals surface area contributed by atoms with Crippen LogP contribution in [0.5, 0.6) is 0 Å². The molecule has 0 unspecified atom stereocenters. The monoisotopic (exact) mass is 453 g/mol. The quantitative estimate of drug-likeness (QED) is 0.486. The highest BCUT2D eigenvalue weighted by Crippen LogP contribution is 2.41. The van der Waals surface area contributed by atoms with E-state index in [1.807, 2.05) is 29.8 Å². The van der Waals surface area contributed by atoms with Gasteiger partial charge in [0.1, 0.15) is 17.3 Å². The maximum atomic E-state index is 13.5. The number of rotatable bonds is 4. The molecule has 3 aromatic heterocycles. The number of carbonyl (C=O) groups is 1. The third kappa shape index (κ3) is 3.52. The Hall–Kier alpha value is -3.10. The molecule has 3 heterocycles. The molecule has 0 aliphatic heterocycles. The molecule has 8 heteroatoms. The fourth-order valence-corrected chi connectivity index (χ4v) is 3.76. The Labute approximate surface area is 174 Å². The van der Waals surface area contributed by atoms with Crippen LogP contribution < -0.4 is 11.1 Å². The molecule has 0 spiro atoms. The van der Waals surface area contributed by atoms with E-state index in [1.165, 1.54) is 12.1 Å². The fraction of sp³-hybridized carbons (Fsp3) is 0.0952. The summed E-state index contributed by atoms with van der Waals surface area (Å²) in [5.74, 6) is -0.244. The normalized spacial score (nSPS) is 11.0. The van der Waals surface area contributed by atoms with Crippen molar-refractivity contribution in [2.45, 2.75) is 0 Å². The number of amides is 1. The van der Waals surface area contributed by atoms with Gasteiger partial charge >= 0.3 is 0 Å². The van der Waals surface area contributed by atoms with E-state index in [-0.39, 0.29) is 18.3 Å². The van der Waals surface area contributed by atoms with Crippen LogP contribution in [0.25, 0.3) is 33.4 Å². The Morgan fingerprint density at radius 1 is 1.17 bits per heavy atom. The van der Waals surface area contributed by atoms with Crippen molar-refractivity contribution in [3.05, 3.63) is 65.1 Å². The van der Waals surface area contributed by atoms with Crippen LogP contribution in [0.2, 0.25) is 0 Å². The van der Waals surface area contributed by atoms with Crippen molar-refractivity contribution < 1.29 is 9.18 Å². The summed E-state index contributed by atoms with van der Waals surface area (Å²) in [5, 5.41) is 3.58. The van der Waals surface area contributed by atoms with Crippen LogP contribution in [-0.4, -0.2) is 27.0 Å². The second-order valence-corrected chi connectivity index (χ2v) is 7.32. The van der Waals surface area contributed by atoms with Gasteiger partial charge in [-0.2, -0.15) is 0 Å². The number of fused-ring (bicyclic) bond motifs is 1. The molecule has 0 saturated heterocycles. The molecular formula is C21H17BrFN5O. The Bertz CT molecular complexity index is 1210. The highest BCUT2D eigenvalue weighted by Gasteiger charge is 2.21. The van der Waals surface area contributed by atoms with Crippen molar-refractivity contribution in [1.29, 1.82) is 0 Å². The molecule has 6 nitrogen and oxygen atoms in total. The lowest BCUT2D eigenvalue weighted by Gasteiger charge is -2.08. The highest BCUT2D eigenvalue weighted by atomic mass is 79.9. The summed E-state index contributed by atoms with van der Waals surface area (Å²) in [7, 11) is 1.89. The molecule has 4 rings (SSSR count). The standard InChI is InChI=1S/C21H17BrFN5O/c1-28-19(13-2-4-14(23)5-3-13)18(12-6-8-25-9-7-12)15-10-16(22)20(27-21(15)28)26-17(29)11-24/h2-10H,11,24H2,1H3,(H,26,27,29). The summed E-state index contributed by atoms with van der Waals surface area (Å²) >= 11 is 3.49. The highest BCUT2D eigenvalue weighted by molar-refractivity contribution is 9.10. The second-order valence-electron chi connectivity index (χ2n) is 6.47. The molecule has 1 aromatic carbocycles. The van der Waals surface area contributed by atoms with Gasteiger partial charge in [0.05, 0.1) is 16.7 Å². The number of anilines is 1. The third-order valence-corrected chi connectivity index (χ3v) is 5.25. The molecular weight excluding hydrogens is 437 g/mol. The van der Waals surface area contributed by atoms with Gasteiger partial charge in [-0.15, -0.1) is 0 Å². The van der Waals surface area contributed by atoms with Crippen LogP contribution >= 0.6 is 15.9 Å². The molecule has 0 radical (unpaired) electrons. The van der Waals surface area contributed by atoms with Crippen molar-refractivity contribution in [3.63, 3.8) is 0 Å². The van der Waals surface area contributed by atoms with Gasteiger partial charge in [0.15, 0.2) is 0 Å². The van der Waals surface area contributed by atoms with E-state index in [4.69, 9.17) is 5.73 Å². The van der Waals surface area contributed by atoms with E-state index in [0.717, 1.165) is 27.8 Å². The molecule has 0 atom stereocenters. The molecule has 0 fully saturated rings. The number of aromatic nitrogens is 3. The number of hydrogen-bond donors (Lipinski definition) is 2. The van der Waals surface area contributed by atoms with Crippen molar-refractivity contribution in [1.82, 2.24) is 14.5 Å². The molecule has 146 valence electrons. The molecule has 29 heavy (non-hydrogen) atoms. The lowest BCUT2D eigenvalue weighted by Crippen LogP contribution is -2.22. The first-order valence-electron chi connectivity index (χ1n) is 8.84. The van der Waals surface area contributed by atoms with E-state index in [2.05, 4.69) is 31.2 Å². The molecule has 0 saturated carbocycles. The summed E-state index contributed by atoms with van der Waals surface area (Å²) in [4.78, 5) is 20.5. The van der Waals surface area contributed by atoms with Gasteiger partial charge in [-0.1, -0.05) is 0 Å². The predicted molar refractivity (Wildman–Crippen MR) is 115 cm³/mol.